The number of hydrogen-bond donors (Lipinski definition) is 0. The molecule has 0 N–H and O–H groups in total. The summed E-state index contributed by atoms with van der Waals surface area (Å²) in [5.41, 5.74) is 2.39. The van der Waals surface area contributed by atoms with Crippen molar-refractivity contribution in [1.82, 2.24) is 4.98 Å². The maximum atomic E-state index is 5.82. The Kier molecular flexibility index (Phi) is 3.04. The average molecular weight is 265 g/mol. The molecule has 0 atom stereocenters. The van der Waals surface area contributed by atoms with Crippen LogP contribution in [-0.2, 0) is 18.8 Å². The third kappa shape index (κ3) is 2.17. The van der Waals surface area contributed by atoms with E-state index in [1.165, 1.54) is 10.4 Å². The SMILES string of the molecule is ClCc1cccc(N2CCc3sccc3C2)n1. The molecule has 0 radical (unpaired) electrons. The predicted octanol–water partition coefficient (Wildman–Crippen LogP) is 3.44. The molecule has 0 spiro atoms. The summed E-state index contributed by atoms with van der Waals surface area (Å²) in [5, 5.41) is 2.18. The van der Waals surface area contributed by atoms with E-state index in [0.717, 1.165) is 31.0 Å². The first-order valence-electron chi connectivity index (χ1n) is 5.69. The van der Waals surface area contributed by atoms with Crippen LogP contribution in [0.4, 0.5) is 5.82 Å². The Morgan fingerprint density at radius 1 is 1.35 bits per heavy atom. The molecule has 2 aromatic rings. The van der Waals surface area contributed by atoms with E-state index in [9.17, 15) is 0 Å². The first kappa shape index (κ1) is 11.1. The van der Waals surface area contributed by atoms with Crippen molar-refractivity contribution >= 4 is 28.8 Å². The van der Waals surface area contributed by atoms with E-state index in [2.05, 4.69) is 27.4 Å². The second kappa shape index (κ2) is 4.67. The molecule has 1 aliphatic heterocycles. The number of hydrogen-bond acceptors (Lipinski definition) is 3. The van der Waals surface area contributed by atoms with Crippen molar-refractivity contribution in [3.05, 3.63) is 45.8 Å². The Morgan fingerprint density at radius 2 is 2.29 bits per heavy atom. The smallest absolute Gasteiger partial charge is 0.129 e. The summed E-state index contributed by atoms with van der Waals surface area (Å²) in [4.78, 5) is 8.42. The first-order chi connectivity index (χ1) is 8.36. The first-order valence-corrected chi connectivity index (χ1v) is 7.10. The molecule has 0 saturated carbocycles. The van der Waals surface area contributed by atoms with Crippen molar-refractivity contribution in [2.75, 3.05) is 11.4 Å². The van der Waals surface area contributed by atoms with Crippen LogP contribution in [0.2, 0.25) is 0 Å². The van der Waals surface area contributed by atoms with Crippen molar-refractivity contribution < 1.29 is 0 Å². The second-order valence-electron chi connectivity index (χ2n) is 4.16. The third-order valence-electron chi connectivity index (χ3n) is 3.06. The molecule has 0 bridgehead atoms. The van der Waals surface area contributed by atoms with Crippen LogP contribution in [0, 0.1) is 0 Å². The number of halogens is 1. The molecular formula is C13H13ClN2S. The Hall–Kier alpha value is -1.06. The van der Waals surface area contributed by atoms with Gasteiger partial charge in [-0.2, -0.15) is 0 Å². The van der Waals surface area contributed by atoms with Crippen LogP contribution < -0.4 is 4.90 Å². The van der Waals surface area contributed by atoms with Gasteiger partial charge in [0.15, 0.2) is 0 Å². The van der Waals surface area contributed by atoms with Gasteiger partial charge in [0, 0.05) is 18.0 Å². The largest absolute Gasteiger partial charge is 0.352 e. The van der Waals surface area contributed by atoms with Gasteiger partial charge in [-0.15, -0.1) is 22.9 Å². The van der Waals surface area contributed by atoms with Gasteiger partial charge in [-0.05, 0) is 35.6 Å². The maximum Gasteiger partial charge on any atom is 0.129 e. The minimum Gasteiger partial charge on any atom is -0.352 e. The molecule has 0 unspecified atom stereocenters. The normalized spacial score (nSPS) is 14.8. The van der Waals surface area contributed by atoms with Crippen LogP contribution in [0.1, 0.15) is 16.1 Å². The standard InChI is InChI=1S/C13H13ClN2S/c14-8-11-2-1-3-13(15-11)16-6-4-12-10(9-16)5-7-17-12/h1-3,5,7H,4,6,8-9H2. The van der Waals surface area contributed by atoms with Crippen molar-refractivity contribution in [2.24, 2.45) is 0 Å². The van der Waals surface area contributed by atoms with E-state index in [1.807, 2.05) is 23.5 Å². The number of rotatable bonds is 2. The topological polar surface area (TPSA) is 16.1 Å². The minimum absolute atomic E-state index is 0.478. The summed E-state index contributed by atoms with van der Waals surface area (Å²) >= 11 is 7.68. The zero-order chi connectivity index (χ0) is 11.7. The average Bonchev–Trinajstić information content (AvgIpc) is 2.86. The molecule has 4 heteroatoms. The van der Waals surface area contributed by atoms with Crippen LogP contribution in [0.15, 0.2) is 29.6 Å². The number of alkyl halides is 1. The molecule has 2 nitrogen and oxygen atoms in total. The van der Waals surface area contributed by atoms with Crippen LogP contribution >= 0.6 is 22.9 Å². The van der Waals surface area contributed by atoms with Gasteiger partial charge in [-0.1, -0.05) is 6.07 Å². The van der Waals surface area contributed by atoms with Crippen LogP contribution in [0.3, 0.4) is 0 Å². The fourth-order valence-corrected chi connectivity index (χ4v) is 3.20. The molecule has 0 saturated heterocycles. The zero-order valence-corrected chi connectivity index (χ0v) is 11.0. The monoisotopic (exact) mass is 264 g/mol. The lowest BCUT2D eigenvalue weighted by Gasteiger charge is -2.28. The lowest BCUT2D eigenvalue weighted by Crippen LogP contribution is -2.30. The molecule has 0 aromatic carbocycles. The fraction of sp³-hybridized carbons (Fsp3) is 0.308. The highest BCUT2D eigenvalue weighted by molar-refractivity contribution is 7.10. The maximum absolute atomic E-state index is 5.82. The Morgan fingerprint density at radius 3 is 3.18 bits per heavy atom. The van der Waals surface area contributed by atoms with Crippen molar-refractivity contribution in [1.29, 1.82) is 0 Å². The summed E-state index contributed by atoms with van der Waals surface area (Å²) in [6.07, 6.45) is 1.12. The van der Waals surface area contributed by atoms with Gasteiger partial charge in [0.25, 0.3) is 0 Å². The molecule has 0 fully saturated rings. The molecule has 0 aliphatic carbocycles. The third-order valence-corrected chi connectivity index (χ3v) is 4.36. The van der Waals surface area contributed by atoms with E-state index < -0.39 is 0 Å². The predicted molar refractivity (Wildman–Crippen MR) is 72.9 cm³/mol. The number of pyridine rings is 1. The zero-order valence-electron chi connectivity index (χ0n) is 9.40. The van der Waals surface area contributed by atoms with Crippen molar-refractivity contribution in [2.45, 2.75) is 18.8 Å². The highest BCUT2D eigenvalue weighted by atomic mass is 35.5. The number of fused-ring (bicyclic) bond motifs is 1. The van der Waals surface area contributed by atoms with Gasteiger partial charge in [0.1, 0.15) is 5.82 Å². The summed E-state index contributed by atoms with van der Waals surface area (Å²) < 4.78 is 0. The van der Waals surface area contributed by atoms with Gasteiger partial charge >= 0.3 is 0 Å². The van der Waals surface area contributed by atoms with Crippen LogP contribution in [0.5, 0.6) is 0 Å². The quantitative estimate of drug-likeness (QED) is 0.773. The molecule has 17 heavy (non-hydrogen) atoms. The van der Waals surface area contributed by atoms with E-state index >= 15 is 0 Å². The van der Waals surface area contributed by atoms with E-state index in [0.29, 0.717) is 5.88 Å². The molecule has 0 amide bonds. The highest BCUT2D eigenvalue weighted by Gasteiger charge is 2.18. The summed E-state index contributed by atoms with van der Waals surface area (Å²) in [7, 11) is 0. The fourth-order valence-electron chi connectivity index (χ4n) is 2.16. The highest BCUT2D eigenvalue weighted by Crippen LogP contribution is 2.26. The summed E-state index contributed by atoms with van der Waals surface area (Å²) in [5.74, 6) is 1.52. The molecule has 2 aromatic heterocycles. The van der Waals surface area contributed by atoms with E-state index in [-0.39, 0.29) is 0 Å². The number of anilines is 1. The lowest BCUT2D eigenvalue weighted by molar-refractivity contribution is 0.730. The number of aromatic nitrogens is 1. The number of nitrogens with zero attached hydrogens (tertiary/aromatic N) is 2. The molecule has 3 rings (SSSR count). The van der Waals surface area contributed by atoms with E-state index in [4.69, 9.17) is 11.6 Å². The van der Waals surface area contributed by atoms with Gasteiger partial charge < -0.3 is 4.90 Å². The Balaban J connectivity index is 1.86. The van der Waals surface area contributed by atoms with Crippen molar-refractivity contribution in [3.63, 3.8) is 0 Å². The van der Waals surface area contributed by atoms with Crippen LogP contribution in [-0.4, -0.2) is 11.5 Å². The van der Waals surface area contributed by atoms with Gasteiger partial charge in [-0.3, -0.25) is 0 Å². The second-order valence-corrected chi connectivity index (χ2v) is 5.43. The Labute approximate surface area is 110 Å². The van der Waals surface area contributed by atoms with Crippen LogP contribution in [0.25, 0.3) is 0 Å². The van der Waals surface area contributed by atoms with Gasteiger partial charge in [-0.25, -0.2) is 4.98 Å². The molecule has 1 aliphatic rings. The number of thiophene rings is 1. The van der Waals surface area contributed by atoms with Crippen molar-refractivity contribution in [3.8, 4) is 0 Å². The van der Waals surface area contributed by atoms with Gasteiger partial charge in [0.05, 0.1) is 11.6 Å². The van der Waals surface area contributed by atoms with E-state index in [1.54, 1.807) is 0 Å². The summed E-state index contributed by atoms with van der Waals surface area (Å²) in [6.45, 7) is 2.02. The molecular weight excluding hydrogens is 252 g/mol. The van der Waals surface area contributed by atoms with Gasteiger partial charge in [0.2, 0.25) is 0 Å². The Bertz CT molecular complexity index is 524. The molecule has 88 valence electrons. The lowest BCUT2D eigenvalue weighted by atomic mass is 10.1. The summed E-state index contributed by atoms with van der Waals surface area (Å²) in [6, 6.07) is 8.28. The molecule has 3 heterocycles. The minimum atomic E-state index is 0.478.